The zero-order valence-corrected chi connectivity index (χ0v) is 11.0. The second-order valence-electron chi connectivity index (χ2n) is 4.59. The van der Waals surface area contributed by atoms with Crippen molar-refractivity contribution in [2.45, 2.75) is 19.9 Å². The SMILES string of the molecule is CC(=O)C1=C(C)Nc2nnnn2[C@H]1c1ccccc1F. The maximum Gasteiger partial charge on any atom is 0.248 e. The number of halogens is 1. The average molecular weight is 273 g/mol. The Morgan fingerprint density at radius 3 is 2.85 bits per heavy atom. The summed E-state index contributed by atoms with van der Waals surface area (Å²) in [4.78, 5) is 11.9. The van der Waals surface area contributed by atoms with Gasteiger partial charge < -0.3 is 5.32 Å². The molecule has 3 rings (SSSR count). The maximum absolute atomic E-state index is 14.1. The third-order valence-corrected chi connectivity index (χ3v) is 3.29. The van der Waals surface area contributed by atoms with Crippen LogP contribution in [-0.4, -0.2) is 26.0 Å². The van der Waals surface area contributed by atoms with Gasteiger partial charge in [-0.2, -0.15) is 4.68 Å². The molecular weight excluding hydrogens is 261 g/mol. The Bertz CT molecular complexity index is 721. The first-order chi connectivity index (χ1) is 9.59. The van der Waals surface area contributed by atoms with E-state index in [0.29, 0.717) is 22.8 Å². The van der Waals surface area contributed by atoms with Crippen LogP contribution < -0.4 is 5.32 Å². The summed E-state index contributed by atoms with van der Waals surface area (Å²) >= 11 is 0. The van der Waals surface area contributed by atoms with E-state index in [1.54, 1.807) is 25.1 Å². The number of Topliss-reactive ketones (excluding diaryl/α,β-unsaturated/α-hetero) is 1. The molecule has 0 saturated heterocycles. The summed E-state index contributed by atoms with van der Waals surface area (Å²) in [7, 11) is 0. The van der Waals surface area contributed by atoms with Gasteiger partial charge in [0.05, 0.1) is 0 Å². The minimum absolute atomic E-state index is 0.149. The first-order valence-electron chi connectivity index (χ1n) is 6.10. The zero-order chi connectivity index (χ0) is 14.3. The van der Waals surface area contributed by atoms with E-state index in [9.17, 15) is 9.18 Å². The molecule has 2 heterocycles. The molecule has 0 spiro atoms. The predicted octanol–water partition coefficient (Wildman–Crippen LogP) is 1.69. The standard InChI is InChI=1S/C13H12FN5O/c1-7-11(8(2)20)12(9-5-3-4-6-10(9)14)19-13(15-7)16-17-18-19/h3-6,12H,1-2H3,(H,15,16,18)/t12-/m0/s1. The lowest BCUT2D eigenvalue weighted by molar-refractivity contribution is -0.114. The summed E-state index contributed by atoms with van der Waals surface area (Å²) < 4.78 is 15.5. The quantitative estimate of drug-likeness (QED) is 0.901. The van der Waals surface area contributed by atoms with Crippen LogP contribution in [0, 0.1) is 5.82 Å². The van der Waals surface area contributed by atoms with Crippen molar-refractivity contribution in [2.24, 2.45) is 0 Å². The Kier molecular flexibility index (Phi) is 2.81. The number of ketones is 1. The molecule has 0 unspecified atom stereocenters. The third-order valence-electron chi connectivity index (χ3n) is 3.29. The molecule has 1 aromatic heterocycles. The van der Waals surface area contributed by atoms with E-state index in [0.717, 1.165) is 0 Å². The number of hydrogen-bond acceptors (Lipinski definition) is 5. The highest BCUT2D eigenvalue weighted by Gasteiger charge is 2.33. The first-order valence-corrected chi connectivity index (χ1v) is 6.10. The molecule has 20 heavy (non-hydrogen) atoms. The van der Waals surface area contributed by atoms with Crippen molar-refractivity contribution in [3.63, 3.8) is 0 Å². The van der Waals surface area contributed by atoms with Crippen LogP contribution in [0.2, 0.25) is 0 Å². The number of hydrogen-bond donors (Lipinski definition) is 1. The van der Waals surface area contributed by atoms with Crippen LogP contribution in [0.5, 0.6) is 0 Å². The number of fused-ring (bicyclic) bond motifs is 1. The maximum atomic E-state index is 14.1. The van der Waals surface area contributed by atoms with E-state index in [-0.39, 0.29) is 5.78 Å². The number of allylic oxidation sites excluding steroid dienone is 2. The lowest BCUT2D eigenvalue weighted by Gasteiger charge is -2.27. The molecule has 0 amide bonds. The van der Waals surface area contributed by atoms with E-state index in [1.165, 1.54) is 17.7 Å². The second-order valence-corrected chi connectivity index (χ2v) is 4.59. The van der Waals surface area contributed by atoms with Gasteiger partial charge in [-0.05, 0) is 30.3 Å². The fourth-order valence-electron chi connectivity index (χ4n) is 2.45. The molecule has 1 atom stereocenters. The van der Waals surface area contributed by atoms with Crippen LogP contribution in [-0.2, 0) is 4.79 Å². The first kappa shape index (κ1) is 12.5. The lowest BCUT2D eigenvalue weighted by atomic mass is 9.93. The number of benzene rings is 1. The molecule has 102 valence electrons. The Balaban J connectivity index is 2.25. The van der Waals surface area contributed by atoms with Gasteiger partial charge in [0, 0.05) is 16.8 Å². The summed E-state index contributed by atoms with van der Waals surface area (Å²) in [6, 6.07) is 5.66. The summed E-state index contributed by atoms with van der Waals surface area (Å²) in [5.74, 6) is -0.155. The van der Waals surface area contributed by atoms with Crippen molar-refractivity contribution in [1.82, 2.24) is 20.2 Å². The largest absolute Gasteiger partial charge is 0.327 e. The molecule has 1 aromatic carbocycles. The van der Waals surface area contributed by atoms with Crippen molar-refractivity contribution < 1.29 is 9.18 Å². The molecule has 0 saturated carbocycles. The van der Waals surface area contributed by atoms with Gasteiger partial charge in [-0.25, -0.2) is 4.39 Å². The molecule has 1 aliphatic rings. The summed E-state index contributed by atoms with van der Waals surface area (Å²) in [5.41, 5.74) is 1.45. The molecule has 0 radical (unpaired) electrons. The Morgan fingerprint density at radius 1 is 1.40 bits per heavy atom. The topological polar surface area (TPSA) is 72.7 Å². The van der Waals surface area contributed by atoms with Crippen LogP contribution in [0.4, 0.5) is 10.3 Å². The highest BCUT2D eigenvalue weighted by Crippen LogP contribution is 2.35. The summed E-state index contributed by atoms with van der Waals surface area (Å²) in [6.45, 7) is 3.20. The smallest absolute Gasteiger partial charge is 0.248 e. The number of tetrazole rings is 1. The summed E-state index contributed by atoms with van der Waals surface area (Å²) in [5, 5.41) is 14.2. The van der Waals surface area contributed by atoms with Crippen molar-refractivity contribution in [2.75, 3.05) is 5.32 Å². The molecule has 0 fully saturated rings. The molecule has 6 nitrogen and oxygen atoms in total. The average Bonchev–Trinajstić information content (AvgIpc) is 2.85. The molecule has 2 aromatic rings. The van der Waals surface area contributed by atoms with E-state index < -0.39 is 11.9 Å². The second kappa shape index (κ2) is 4.52. The fourth-order valence-corrected chi connectivity index (χ4v) is 2.45. The van der Waals surface area contributed by atoms with Gasteiger partial charge in [0.25, 0.3) is 0 Å². The number of aromatic nitrogens is 4. The number of rotatable bonds is 2. The highest BCUT2D eigenvalue weighted by atomic mass is 19.1. The van der Waals surface area contributed by atoms with Gasteiger partial charge >= 0.3 is 0 Å². The predicted molar refractivity (Wildman–Crippen MR) is 69.4 cm³/mol. The fraction of sp³-hybridized carbons (Fsp3) is 0.231. The van der Waals surface area contributed by atoms with Gasteiger partial charge in [-0.15, -0.1) is 0 Å². The van der Waals surface area contributed by atoms with E-state index in [4.69, 9.17) is 0 Å². The molecule has 1 N–H and O–H groups in total. The van der Waals surface area contributed by atoms with Crippen molar-refractivity contribution in [3.8, 4) is 0 Å². The molecule has 7 heteroatoms. The van der Waals surface area contributed by atoms with Crippen LogP contribution >= 0.6 is 0 Å². The summed E-state index contributed by atoms with van der Waals surface area (Å²) in [6.07, 6.45) is 0. The van der Waals surface area contributed by atoms with Gasteiger partial charge in [-0.3, -0.25) is 4.79 Å². The third kappa shape index (κ3) is 1.78. The Morgan fingerprint density at radius 2 is 2.15 bits per heavy atom. The Hall–Kier alpha value is -2.57. The van der Waals surface area contributed by atoms with E-state index >= 15 is 0 Å². The van der Waals surface area contributed by atoms with E-state index in [1.807, 2.05) is 0 Å². The van der Waals surface area contributed by atoms with Crippen molar-refractivity contribution in [3.05, 3.63) is 46.9 Å². The van der Waals surface area contributed by atoms with Crippen molar-refractivity contribution in [1.29, 1.82) is 0 Å². The minimum Gasteiger partial charge on any atom is -0.327 e. The molecular formula is C13H12FN5O. The zero-order valence-electron chi connectivity index (χ0n) is 11.0. The number of nitrogens with zero attached hydrogens (tertiary/aromatic N) is 4. The molecule has 1 aliphatic heterocycles. The van der Waals surface area contributed by atoms with Gasteiger partial charge in [0.1, 0.15) is 11.9 Å². The van der Waals surface area contributed by atoms with Crippen LogP contribution in [0.15, 0.2) is 35.5 Å². The number of carbonyl (C=O) groups excluding carboxylic acids is 1. The lowest BCUT2D eigenvalue weighted by Crippen LogP contribution is -2.28. The van der Waals surface area contributed by atoms with Crippen LogP contribution in [0.1, 0.15) is 25.5 Å². The number of nitrogens with one attached hydrogen (secondary N) is 1. The minimum atomic E-state index is -0.653. The highest BCUT2D eigenvalue weighted by molar-refractivity contribution is 5.96. The Labute approximate surface area is 114 Å². The van der Waals surface area contributed by atoms with Gasteiger partial charge in [-0.1, -0.05) is 23.3 Å². The number of anilines is 1. The van der Waals surface area contributed by atoms with Crippen LogP contribution in [0.25, 0.3) is 0 Å². The monoisotopic (exact) mass is 273 g/mol. The van der Waals surface area contributed by atoms with Gasteiger partial charge in [0.15, 0.2) is 5.78 Å². The normalized spacial score (nSPS) is 17.6. The number of carbonyl (C=O) groups is 1. The van der Waals surface area contributed by atoms with Crippen LogP contribution in [0.3, 0.4) is 0 Å². The van der Waals surface area contributed by atoms with Crippen molar-refractivity contribution >= 4 is 11.7 Å². The molecule has 0 bridgehead atoms. The molecule has 0 aliphatic carbocycles. The van der Waals surface area contributed by atoms with Gasteiger partial charge in [0.2, 0.25) is 5.95 Å². The van der Waals surface area contributed by atoms with E-state index in [2.05, 4.69) is 20.8 Å².